The Labute approximate surface area is 152 Å². The molecule has 8 heteroatoms. The molecule has 0 spiro atoms. The van der Waals surface area contributed by atoms with E-state index in [1.165, 1.54) is 48.5 Å². The molecule has 0 atom stereocenters. The summed E-state index contributed by atoms with van der Waals surface area (Å²) >= 11 is 0. The summed E-state index contributed by atoms with van der Waals surface area (Å²) in [6, 6.07) is 9.57. The van der Waals surface area contributed by atoms with Gasteiger partial charge in [0.2, 0.25) is 9.84 Å². The zero-order chi connectivity index (χ0) is 20.1. The molecule has 0 bridgehead atoms. The van der Waals surface area contributed by atoms with Gasteiger partial charge in [-0.3, -0.25) is 0 Å². The fourth-order valence-electron chi connectivity index (χ4n) is 1.69. The molecule has 2 aromatic carbocycles. The summed E-state index contributed by atoms with van der Waals surface area (Å²) in [4.78, 5) is 21.3. The molecule has 7 nitrogen and oxygen atoms in total. The predicted octanol–water partition coefficient (Wildman–Crippen LogP) is 2.24. The van der Waals surface area contributed by atoms with Crippen molar-refractivity contribution >= 4 is 21.8 Å². The lowest BCUT2D eigenvalue weighted by Gasteiger charge is -2.14. The number of carbonyl (C=O) groups is 2. The molecule has 0 unspecified atom stereocenters. The van der Waals surface area contributed by atoms with Gasteiger partial charge >= 0.3 is 11.9 Å². The van der Waals surface area contributed by atoms with Gasteiger partial charge < -0.3 is 14.7 Å². The van der Waals surface area contributed by atoms with Gasteiger partial charge in [-0.1, -0.05) is 0 Å². The largest absolute Gasteiger partial charge is 0.478 e. The predicted molar refractivity (Wildman–Crippen MR) is 96.2 cm³/mol. The number of sulfone groups is 1. The smallest absolute Gasteiger partial charge is 0.335 e. The van der Waals surface area contributed by atoms with Gasteiger partial charge in [0, 0.05) is 0 Å². The van der Waals surface area contributed by atoms with Gasteiger partial charge in [0.25, 0.3) is 0 Å². The van der Waals surface area contributed by atoms with Crippen LogP contribution < -0.4 is 0 Å². The topological polar surface area (TPSA) is 109 Å². The van der Waals surface area contributed by atoms with Crippen LogP contribution in [0, 0.1) is 0 Å². The van der Waals surface area contributed by atoms with Gasteiger partial charge in [-0.25, -0.2) is 18.0 Å². The fourth-order valence-corrected chi connectivity index (χ4v) is 2.95. The molecule has 2 aromatic rings. The first-order valence-corrected chi connectivity index (χ1v) is 9.01. The third kappa shape index (κ3) is 6.30. The molecular weight excluding hydrogens is 358 g/mol. The van der Waals surface area contributed by atoms with Crippen LogP contribution in [0.3, 0.4) is 0 Å². The van der Waals surface area contributed by atoms with Crippen molar-refractivity contribution in [2.75, 3.05) is 28.2 Å². The van der Waals surface area contributed by atoms with Crippen LogP contribution in [0.25, 0.3) is 0 Å². The summed E-state index contributed by atoms with van der Waals surface area (Å²) < 4.78 is 25.6. The second kappa shape index (κ2) is 8.11. The molecule has 0 aliphatic carbocycles. The van der Waals surface area contributed by atoms with Gasteiger partial charge in [-0.05, 0) is 48.5 Å². The number of hydrogen-bond acceptors (Lipinski definition) is 4. The molecule has 0 amide bonds. The Morgan fingerprint density at radius 2 is 0.923 bits per heavy atom. The molecule has 26 heavy (non-hydrogen) atoms. The lowest BCUT2D eigenvalue weighted by molar-refractivity contribution is -0.849. The highest BCUT2D eigenvalue weighted by atomic mass is 32.2. The first-order chi connectivity index (χ1) is 11.8. The van der Waals surface area contributed by atoms with Crippen molar-refractivity contribution in [3.05, 3.63) is 59.7 Å². The Hall–Kier alpha value is -2.71. The third-order valence-electron chi connectivity index (χ3n) is 2.82. The molecule has 0 saturated heterocycles. The maximum atomic E-state index is 12.3. The van der Waals surface area contributed by atoms with Crippen molar-refractivity contribution in [1.82, 2.24) is 0 Å². The molecule has 0 aliphatic heterocycles. The fraction of sp³-hybridized carbons (Fsp3) is 0.222. The van der Waals surface area contributed by atoms with Gasteiger partial charge in [0.05, 0.1) is 49.1 Å². The lowest BCUT2D eigenvalue weighted by Crippen LogP contribution is -2.27. The summed E-state index contributed by atoms with van der Waals surface area (Å²) in [5.74, 6) is -2.30. The monoisotopic (exact) mass is 380 g/mol. The minimum absolute atomic E-state index is 0.0184. The van der Waals surface area contributed by atoms with Gasteiger partial charge in [-0.2, -0.15) is 0 Å². The van der Waals surface area contributed by atoms with E-state index in [4.69, 9.17) is 10.2 Å². The van der Waals surface area contributed by atoms with Crippen LogP contribution in [0.5, 0.6) is 0 Å². The summed E-state index contributed by atoms with van der Waals surface area (Å²) in [6.45, 7) is 0. The number of quaternary nitrogens is 1. The molecule has 0 radical (unpaired) electrons. The standard InChI is InChI=1S/C14H10O6S.C4H12N/c15-13(16)9-1-5-11(6-2-9)21(19,20)12-7-3-10(4-8-12)14(17)18;1-5(2,3)4/h1-8H,(H,15,16)(H,17,18);1-4H3/q;+1. The zero-order valence-electron chi connectivity index (χ0n) is 15.0. The number of rotatable bonds is 4. The van der Waals surface area contributed by atoms with Crippen LogP contribution in [0.15, 0.2) is 58.3 Å². The van der Waals surface area contributed by atoms with Crippen LogP contribution in [0.2, 0.25) is 0 Å². The summed E-state index contributed by atoms with van der Waals surface area (Å²) in [6.07, 6.45) is 0. The Bertz CT molecular complexity index is 809. The second-order valence-electron chi connectivity index (χ2n) is 6.85. The van der Waals surface area contributed by atoms with E-state index in [2.05, 4.69) is 28.2 Å². The molecule has 0 heterocycles. The van der Waals surface area contributed by atoms with Crippen LogP contribution in [0.1, 0.15) is 20.7 Å². The molecule has 0 aromatic heterocycles. The van der Waals surface area contributed by atoms with Crippen molar-refractivity contribution in [1.29, 1.82) is 0 Å². The normalized spacial score (nSPS) is 11.2. The second-order valence-corrected chi connectivity index (χ2v) is 8.80. The molecule has 2 rings (SSSR count). The maximum absolute atomic E-state index is 12.3. The van der Waals surface area contributed by atoms with E-state index in [9.17, 15) is 18.0 Å². The van der Waals surface area contributed by atoms with Crippen molar-refractivity contribution in [3.8, 4) is 0 Å². The van der Waals surface area contributed by atoms with E-state index in [-0.39, 0.29) is 20.9 Å². The van der Waals surface area contributed by atoms with E-state index >= 15 is 0 Å². The van der Waals surface area contributed by atoms with Crippen LogP contribution >= 0.6 is 0 Å². The number of carboxylic acid groups (broad SMARTS) is 2. The van der Waals surface area contributed by atoms with E-state index < -0.39 is 21.8 Å². The highest BCUT2D eigenvalue weighted by molar-refractivity contribution is 7.91. The maximum Gasteiger partial charge on any atom is 0.335 e. The Morgan fingerprint density at radius 3 is 1.12 bits per heavy atom. The van der Waals surface area contributed by atoms with Crippen molar-refractivity contribution in [2.45, 2.75) is 9.79 Å². The SMILES string of the molecule is C[N+](C)(C)C.O=C(O)c1ccc(S(=O)(=O)c2ccc(C(=O)O)cc2)cc1. The van der Waals surface area contributed by atoms with Crippen LogP contribution in [0.4, 0.5) is 0 Å². The first kappa shape index (κ1) is 21.3. The molecule has 0 aliphatic rings. The minimum atomic E-state index is -3.81. The van der Waals surface area contributed by atoms with Crippen molar-refractivity contribution in [3.63, 3.8) is 0 Å². The summed E-state index contributed by atoms with van der Waals surface area (Å²) in [5.41, 5.74) is -0.0367. The van der Waals surface area contributed by atoms with Crippen molar-refractivity contribution < 1.29 is 32.7 Å². The van der Waals surface area contributed by atoms with Gasteiger partial charge in [-0.15, -0.1) is 0 Å². The molecule has 140 valence electrons. The van der Waals surface area contributed by atoms with Crippen molar-refractivity contribution in [2.24, 2.45) is 0 Å². The first-order valence-electron chi connectivity index (χ1n) is 7.53. The average molecular weight is 380 g/mol. The Morgan fingerprint density at radius 1 is 0.692 bits per heavy atom. The van der Waals surface area contributed by atoms with Gasteiger partial charge in [0.1, 0.15) is 0 Å². The quantitative estimate of drug-likeness (QED) is 0.788. The Kier molecular flexibility index (Phi) is 6.66. The highest BCUT2D eigenvalue weighted by Crippen LogP contribution is 2.21. The van der Waals surface area contributed by atoms with Crippen LogP contribution in [-0.2, 0) is 9.84 Å². The van der Waals surface area contributed by atoms with Crippen LogP contribution in [-0.4, -0.2) is 63.2 Å². The highest BCUT2D eigenvalue weighted by Gasteiger charge is 2.18. The number of carboxylic acids is 2. The van der Waals surface area contributed by atoms with E-state index in [1.807, 2.05) is 0 Å². The molecule has 0 saturated carbocycles. The Balaban J connectivity index is 0.000000597. The third-order valence-corrected chi connectivity index (χ3v) is 4.61. The lowest BCUT2D eigenvalue weighted by atomic mass is 10.2. The zero-order valence-corrected chi connectivity index (χ0v) is 15.8. The molecule has 0 fully saturated rings. The summed E-state index contributed by atoms with van der Waals surface area (Å²) in [5, 5.41) is 17.5. The minimum Gasteiger partial charge on any atom is -0.478 e. The number of nitrogens with zero attached hydrogens (tertiary/aromatic N) is 1. The molecular formula is C18H22NO6S+. The van der Waals surface area contributed by atoms with E-state index in [0.29, 0.717) is 0 Å². The summed E-state index contributed by atoms with van der Waals surface area (Å²) in [7, 11) is 4.69. The molecule has 2 N–H and O–H groups in total. The van der Waals surface area contributed by atoms with E-state index in [1.54, 1.807) is 0 Å². The average Bonchev–Trinajstić information content (AvgIpc) is 2.53. The number of benzene rings is 2. The number of hydrogen-bond donors (Lipinski definition) is 2. The van der Waals surface area contributed by atoms with Gasteiger partial charge in [0.15, 0.2) is 0 Å². The number of aromatic carboxylic acids is 2. The van der Waals surface area contributed by atoms with E-state index in [0.717, 1.165) is 4.48 Å².